The fraction of sp³-hybridized carbons (Fsp3) is 0.0612. The summed E-state index contributed by atoms with van der Waals surface area (Å²) in [5.41, 5.74) is 15.1. The smallest absolute Gasteiger partial charge is 0.143 e. The molecule has 2 nitrogen and oxygen atoms in total. The van der Waals surface area contributed by atoms with Crippen molar-refractivity contribution in [1.82, 2.24) is 0 Å². The van der Waals surface area contributed by atoms with Gasteiger partial charge >= 0.3 is 0 Å². The van der Waals surface area contributed by atoms with E-state index in [2.05, 4.69) is 195 Å². The van der Waals surface area contributed by atoms with E-state index in [0.29, 0.717) is 0 Å². The van der Waals surface area contributed by atoms with Crippen molar-refractivity contribution in [2.24, 2.45) is 0 Å². The molecule has 0 fully saturated rings. The van der Waals surface area contributed by atoms with E-state index in [1.165, 1.54) is 44.5 Å². The minimum atomic E-state index is -0.135. The van der Waals surface area contributed by atoms with Crippen LogP contribution in [0.4, 0.5) is 17.1 Å². The molecule has 51 heavy (non-hydrogen) atoms. The highest BCUT2D eigenvalue weighted by molar-refractivity contribution is 6.22. The molecule has 0 saturated carbocycles. The molecule has 242 valence electrons. The summed E-state index contributed by atoms with van der Waals surface area (Å²) in [5.74, 6) is 0. The van der Waals surface area contributed by atoms with Gasteiger partial charge in [-0.25, -0.2) is 0 Å². The van der Waals surface area contributed by atoms with Crippen molar-refractivity contribution in [1.29, 1.82) is 0 Å². The average Bonchev–Trinajstić information content (AvgIpc) is 3.68. The Balaban J connectivity index is 1.31. The SMILES string of the molecule is CC1(C)c2ccccc2-c2ccc(N(c3ccccc3-c3ccccc3)c3cc4c(oc5cccc(-c6ccccc6)c54)c4ccccc34)cc21. The van der Waals surface area contributed by atoms with Crippen LogP contribution in [-0.4, -0.2) is 0 Å². The maximum Gasteiger partial charge on any atom is 0.143 e. The molecule has 0 amide bonds. The van der Waals surface area contributed by atoms with Crippen LogP contribution in [0.25, 0.3) is 66.1 Å². The third-order valence-corrected chi connectivity index (χ3v) is 10.9. The molecule has 0 radical (unpaired) electrons. The van der Waals surface area contributed by atoms with Gasteiger partial charge < -0.3 is 9.32 Å². The molecule has 9 aromatic rings. The first-order chi connectivity index (χ1) is 25.1. The first-order valence-corrected chi connectivity index (χ1v) is 17.7. The predicted octanol–water partition coefficient (Wildman–Crippen LogP) is 13.8. The van der Waals surface area contributed by atoms with Crippen molar-refractivity contribution in [3.63, 3.8) is 0 Å². The normalized spacial score (nSPS) is 13.1. The summed E-state index contributed by atoms with van der Waals surface area (Å²) in [5, 5.41) is 4.47. The fourth-order valence-corrected chi connectivity index (χ4v) is 8.44. The van der Waals surface area contributed by atoms with Crippen LogP contribution in [0.1, 0.15) is 25.0 Å². The summed E-state index contributed by atoms with van der Waals surface area (Å²) in [6.07, 6.45) is 0. The molecule has 8 aromatic carbocycles. The van der Waals surface area contributed by atoms with Crippen LogP contribution < -0.4 is 4.90 Å². The lowest BCUT2D eigenvalue weighted by Crippen LogP contribution is -2.17. The number of fused-ring (bicyclic) bond motifs is 8. The van der Waals surface area contributed by atoms with Crippen LogP contribution in [0.2, 0.25) is 0 Å². The second kappa shape index (κ2) is 11.3. The zero-order valence-corrected chi connectivity index (χ0v) is 28.6. The summed E-state index contributed by atoms with van der Waals surface area (Å²) < 4.78 is 6.77. The molecule has 0 N–H and O–H groups in total. The molecule has 10 rings (SSSR count). The van der Waals surface area contributed by atoms with Gasteiger partial charge in [0, 0.05) is 38.2 Å². The minimum absolute atomic E-state index is 0.135. The number of anilines is 3. The van der Waals surface area contributed by atoms with Crippen molar-refractivity contribution < 1.29 is 4.42 Å². The van der Waals surface area contributed by atoms with Gasteiger partial charge in [0.2, 0.25) is 0 Å². The summed E-state index contributed by atoms with van der Waals surface area (Å²) in [6, 6.07) is 63.6. The van der Waals surface area contributed by atoms with Crippen LogP contribution >= 0.6 is 0 Å². The third kappa shape index (κ3) is 4.50. The lowest BCUT2D eigenvalue weighted by atomic mass is 9.82. The van der Waals surface area contributed by atoms with Gasteiger partial charge in [-0.2, -0.15) is 0 Å². The Kier molecular flexibility index (Phi) is 6.56. The van der Waals surface area contributed by atoms with Gasteiger partial charge in [-0.05, 0) is 69.3 Å². The Hall–Kier alpha value is -6.38. The maximum absolute atomic E-state index is 6.77. The van der Waals surface area contributed by atoms with E-state index in [0.717, 1.165) is 49.8 Å². The standard InChI is InChI=1S/C49H35NO/c1-49(2)42-25-13-11-21-37(42)38-29-28-34(30-43(38)49)50(44-26-14-12-20-35(44)32-16-5-3-6-17-32)45-31-41-47-36(33-18-7-4-8-19-33)24-15-27-46(47)51-48(41)40-23-10-9-22-39(40)45/h3-31H,1-2H3. The molecule has 0 atom stereocenters. The quantitative estimate of drug-likeness (QED) is 0.184. The second-order valence-electron chi connectivity index (χ2n) is 14.1. The van der Waals surface area contributed by atoms with E-state index in [-0.39, 0.29) is 5.41 Å². The zero-order valence-electron chi connectivity index (χ0n) is 28.6. The Morgan fingerprint density at radius 2 is 1.04 bits per heavy atom. The van der Waals surface area contributed by atoms with Crippen molar-refractivity contribution in [2.45, 2.75) is 19.3 Å². The molecule has 0 aliphatic heterocycles. The number of nitrogens with zero attached hydrogens (tertiary/aromatic N) is 1. The molecule has 1 aliphatic carbocycles. The number of benzene rings is 8. The number of rotatable bonds is 5. The second-order valence-corrected chi connectivity index (χ2v) is 14.1. The van der Waals surface area contributed by atoms with E-state index < -0.39 is 0 Å². The van der Waals surface area contributed by atoms with E-state index in [4.69, 9.17) is 4.42 Å². The Morgan fingerprint density at radius 3 is 1.82 bits per heavy atom. The number of para-hydroxylation sites is 1. The molecular formula is C49H35NO. The summed E-state index contributed by atoms with van der Waals surface area (Å²) in [6.45, 7) is 4.71. The van der Waals surface area contributed by atoms with Gasteiger partial charge in [0.05, 0.1) is 11.4 Å². The number of hydrogen-bond acceptors (Lipinski definition) is 2. The summed E-state index contributed by atoms with van der Waals surface area (Å²) in [7, 11) is 0. The largest absolute Gasteiger partial charge is 0.455 e. The molecule has 2 heteroatoms. The van der Waals surface area contributed by atoms with Gasteiger partial charge in [-0.3, -0.25) is 0 Å². The van der Waals surface area contributed by atoms with Crippen LogP contribution in [-0.2, 0) is 5.41 Å². The monoisotopic (exact) mass is 653 g/mol. The van der Waals surface area contributed by atoms with Gasteiger partial charge in [0.25, 0.3) is 0 Å². The predicted molar refractivity (Wildman–Crippen MR) is 214 cm³/mol. The van der Waals surface area contributed by atoms with Crippen molar-refractivity contribution in [3.8, 4) is 33.4 Å². The highest BCUT2D eigenvalue weighted by atomic mass is 16.3. The van der Waals surface area contributed by atoms with Crippen LogP contribution in [0, 0.1) is 0 Å². The van der Waals surface area contributed by atoms with E-state index in [1.54, 1.807) is 0 Å². The highest BCUT2D eigenvalue weighted by Gasteiger charge is 2.36. The molecule has 1 aliphatic rings. The topological polar surface area (TPSA) is 16.4 Å². The molecule has 0 unspecified atom stereocenters. The van der Waals surface area contributed by atoms with Crippen LogP contribution in [0.15, 0.2) is 180 Å². The van der Waals surface area contributed by atoms with Crippen molar-refractivity contribution >= 4 is 49.8 Å². The first-order valence-electron chi connectivity index (χ1n) is 17.7. The minimum Gasteiger partial charge on any atom is -0.455 e. The average molecular weight is 654 g/mol. The fourth-order valence-electron chi connectivity index (χ4n) is 8.44. The number of hydrogen-bond donors (Lipinski definition) is 0. The van der Waals surface area contributed by atoms with E-state index >= 15 is 0 Å². The molecule has 0 bridgehead atoms. The van der Waals surface area contributed by atoms with Crippen molar-refractivity contribution in [3.05, 3.63) is 187 Å². The Labute approximate surface area is 297 Å². The Bertz CT molecular complexity index is 2770. The first kappa shape index (κ1) is 29.5. The van der Waals surface area contributed by atoms with E-state index in [9.17, 15) is 0 Å². The van der Waals surface area contributed by atoms with Gasteiger partial charge in [-0.1, -0.05) is 159 Å². The lowest BCUT2D eigenvalue weighted by molar-refractivity contribution is 0.660. The molecule has 1 heterocycles. The summed E-state index contributed by atoms with van der Waals surface area (Å²) in [4.78, 5) is 2.48. The van der Waals surface area contributed by atoms with Gasteiger partial charge in [0.15, 0.2) is 0 Å². The molecule has 0 spiro atoms. The zero-order chi connectivity index (χ0) is 34.1. The Morgan fingerprint density at radius 1 is 0.431 bits per heavy atom. The van der Waals surface area contributed by atoms with E-state index in [1.807, 2.05) is 0 Å². The third-order valence-electron chi connectivity index (χ3n) is 10.9. The maximum atomic E-state index is 6.77. The number of furan rings is 1. The highest BCUT2D eigenvalue weighted by Crippen LogP contribution is 2.53. The van der Waals surface area contributed by atoms with Crippen LogP contribution in [0.5, 0.6) is 0 Å². The van der Waals surface area contributed by atoms with Crippen LogP contribution in [0.3, 0.4) is 0 Å². The van der Waals surface area contributed by atoms with Gasteiger partial charge in [-0.15, -0.1) is 0 Å². The molecule has 1 aromatic heterocycles. The van der Waals surface area contributed by atoms with Gasteiger partial charge in [0.1, 0.15) is 11.2 Å². The summed E-state index contributed by atoms with van der Waals surface area (Å²) >= 11 is 0. The lowest BCUT2D eigenvalue weighted by Gasteiger charge is -2.31. The molecule has 0 saturated heterocycles. The van der Waals surface area contributed by atoms with Crippen molar-refractivity contribution in [2.75, 3.05) is 4.90 Å². The molecular weight excluding hydrogens is 619 g/mol.